The number of hydrazone groups is 1. The van der Waals surface area contributed by atoms with Gasteiger partial charge in [-0.1, -0.05) is 30.3 Å². The number of hydrogen-bond acceptors (Lipinski definition) is 5. The van der Waals surface area contributed by atoms with Gasteiger partial charge in [-0.15, -0.1) is 0 Å². The molecule has 3 aromatic carbocycles. The zero-order valence-electron chi connectivity index (χ0n) is 17.9. The van der Waals surface area contributed by atoms with E-state index >= 15 is 0 Å². The topological polar surface area (TPSA) is 67.1 Å². The molecule has 158 valence electrons. The highest BCUT2D eigenvalue weighted by Gasteiger charge is 2.13. The van der Waals surface area contributed by atoms with Gasteiger partial charge < -0.3 is 14.1 Å². The minimum atomic E-state index is -0.407. The Hall–Kier alpha value is -3.80. The maximum atomic E-state index is 12.6. The van der Waals surface area contributed by atoms with Crippen molar-refractivity contribution in [3.63, 3.8) is 0 Å². The third-order valence-corrected chi connectivity index (χ3v) is 5.37. The summed E-state index contributed by atoms with van der Waals surface area (Å²) in [5, 5.41) is 7.14. The minimum absolute atomic E-state index is 0.215. The van der Waals surface area contributed by atoms with E-state index < -0.39 is 5.91 Å². The van der Waals surface area contributed by atoms with Crippen LogP contribution in [0.1, 0.15) is 30.0 Å². The molecule has 31 heavy (non-hydrogen) atoms. The summed E-state index contributed by atoms with van der Waals surface area (Å²) in [6.45, 7) is 6.05. The number of amides is 1. The number of benzene rings is 3. The maximum Gasteiger partial charge on any atom is 0.307 e. The Morgan fingerprint density at radius 3 is 2.65 bits per heavy atom. The molecule has 4 rings (SSSR count). The van der Waals surface area contributed by atoms with Crippen LogP contribution < -0.4 is 15.1 Å². The van der Waals surface area contributed by atoms with Gasteiger partial charge in [0.25, 0.3) is 0 Å². The molecule has 0 bridgehead atoms. The predicted octanol–water partition coefficient (Wildman–Crippen LogP) is 5.20. The number of furan rings is 1. The van der Waals surface area contributed by atoms with Gasteiger partial charge in [-0.25, -0.2) is 5.43 Å². The molecule has 0 atom stereocenters. The predicted molar refractivity (Wildman–Crippen MR) is 125 cm³/mol. The van der Waals surface area contributed by atoms with E-state index in [9.17, 15) is 4.79 Å². The molecule has 6 nitrogen and oxygen atoms in total. The Balaban J connectivity index is 1.52. The molecule has 0 saturated carbocycles. The molecule has 0 unspecified atom stereocenters. The first-order chi connectivity index (χ1) is 15.1. The molecule has 0 fully saturated rings. The van der Waals surface area contributed by atoms with Crippen LogP contribution in [0.2, 0.25) is 0 Å². The highest BCUT2D eigenvalue weighted by atomic mass is 16.5. The molecular weight excluding hydrogens is 390 g/mol. The van der Waals surface area contributed by atoms with Crippen LogP contribution in [-0.4, -0.2) is 32.3 Å². The van der Waals surface area contributed by atoms with Gasteiger partial charge >= 0.3 is 5.91 Å². The summed E-state index contributed by atoms with van der Waals surface area (Å²) in [6.07, 6.45) is 1.57. The second-order valence-electron chi connectivity index (χ2n) is 7.11. The number of methoxy groups -OCH3 is 1. The SMILES string of the molecule is CCN(CC)c1ccc(C=NNC(=O)c2cc3c(ccc4ccccc43)o2)c(OC)c1. The summed E-state index contributed by atoms with van der Waals surface area (Å²) < 4.78 is 11.2. The van der Waals surface area contributed by atoms with Gasteiger partial charge in [0.2, 0.25) is 0 Å². The van der Waals surface area contributed by atoms with Crippen LogP contribution in [-0.2, 0) is 0 Å². The van der Waals surface area contributed by atoms with E-state index in [4.69, 9.17) is 9.15 Å². The first kappa shape index (κ1) is 20.5. The van der Waals surface area contributed by atoms with Crippen molar-refractivity contribution in [3.8, 4) is 5.75 Å². The zero-order valence-corrected chi connectivity index (χ0v) is 17.9. The average molecular weight is 415 g/mol. The normalized spacial score (nSPS) is 11.3. The van der Waals surface area contributed by atoms with Gasteiger partial charge in [-0.05, 0) is 48.9 Å². The number of hydrogen-bond donors (Lipinski definition) is 1. The van der Waals surface area contributed by atoms with E-state index in [-0.39, 0.29) is 5.76 Å². The summed E-state index contributed by atoms with van der Waals surface area (Å²) in [4.78, 5) is 14.8. The minimum Gasteiger partial charge on any atom is -0.496 e. The van der Waals surface area contributed by atoms with Crippen LogP contribution in [0.3, 0.4) is 0 Å². The van der Waals surface area contributed by atoms with E-state index in [2.05, 4.69) is 29.3 Å². The van der Waals surface area contributed by atoms with Crippen molar-refractivity contribution in [2.24, 2.45) is 5.10 Å². The van der Waals surface area contributed by atoms with E-state index in [1.54, 1.807) is 19.4 Å². The summed E-state index contributed by atoms with van der Waals surface area (Å²) in [5.74, 6) is 0.500. The summed E-state index contributed by atoms with van der Waals surface area (Å²) in [7, 11) is 1.62. The van der Waals surface area contributed by atoms with Gasteiger partial charge in [0.05, 0.1) is 13.3 Å². The third-order valence-electron chi connectivity index (χ3n) is 5.37. The monoisotopic (exact) mass is 415 g/mol. The van der Waals surface area contributed by atoms with Crippen LogP contribution >= 0.6 is 0 Å². The summed E-state index contributed by atoms with van der Waals surface area (Å²) in [5.41, 5.74) is 5.06. The van der Waals surface area contributed by atoms with Gasteiger partial charge in [-0.2, -0.15) is 5.10 Å². The first-order valence-electron chi connectivity index (χ1n) is 10.3. The average Bonchev–Trinajstić information content (AvgIpc) is 3.25. The summed E-state index contributed by atoms with van der Waals surface area (Å²) >= 11 is 0. The second-order valence-corrected chi connectivity index (χ2v) is 7.11. The number of fused-ring (bicyclic) bond motifs is 3. The molecule has 0 aliphatic heterocycles. The molecular formula is C25H25N3O3. The van der Waals surface area contributed by atoms with Crippen molar-refractivity contribution in [1.82, 2.24) is 5.43 Å². The van der Waals surface area contributed by atoms with Crippen molar-refractivity contribution in [2.75, 3.05) is 25.1 Å². The van der Waals surface area contributed by atoms with Crippen molar-refractivity contribution in [1.29, 1.82) is 0 Å². The van der Waals surface area contributed by atoms with Crippen molar-refractivity contribution >= 4 is 39.6 Å². The first-order valence-corrected chi connectivity index (χ1v) is 10.3. The molecule has 0 radical (unpaired) electrons. The molecule has 1 amide bonds. The molecule has 0 spiro atoms. The van der Waals surface area contributed by atoms with Crippen molar-refractivity contribution in [3.05, 3.63) is 72.0 Å². The Bertz CT molecular complexity index is 1260. The third kappa shape index (κ3) is 4.10. The molecule has 4 aromatic rings. The van der Waals surface area contributed by atoms with Crippen LogP contribution in [0.15, 0.2) is 70.2 Å². The van der Waals surface area contributed by atoms with Crippen LogP contribution in [0.5, 0.6) is 5.75 Å². The Labute approximate surface area is 181 Å². The number of carbonyl (C=O) groups is 1. The highest BCUT2D eigenvalue weighted by molar-refractivity contribution is 6.08. The number of ether oxygens (including phenoxy) is 1. The summed E-state index contributed by atoms with van der Waals surface area (Å²) in [6, 6.07) is 19.5. The largest absolute Gasteiger partial charge is 0.496 e. The van der Waals surface area contributed by atoms with Gasteiger partial charge in [0.1, 0.15) is 11.3 Å². The fourth-order valence-electron chi connectivity index (χ4n) is 3.71. The maximum absolute atomic E-state index is 12.6. The molecule has 0 aliphatic rings. The van der Waals surface area contributed by atoms with Crippen molar-refractivity contribution < 1.29 is 13.9 Å². The fourth-order valence-corrected chi connectivity index (χ4v) is 3.71. The lowest BCUT2D eigenvalue weighted by Crippen LogP contribution is -2.21. The van der Waals surface area contributed by atoms with Gasteiger partial charge in [0, 0.05) is 35.8 Å². The number of carbonyl (C=O) groups excluding carboxylic acids is 1. The van der Waals surface area contributed by atoms with E-state index in [0.29, 0.717) is 11.3 Å². The molecule has 1 heterocycles. The van der Waals surface area contributed by atoms with Gasteiger partial charge in [0.15, 0.2) is 5.76 Å². The number of nitrogens with zero attached hydrogens (tertiary/aromatic N) is 2. The van der Waals surface area contributed by atoms with Crippen LogP contribution in [0.4, 0.5) is 5.69 Å². The Kier molecular flexibility index (Phi) is 5.89. The zero-order chi connectivity index (χ0) is 21.8. The van der Waals surface area contributed by atoms with E-state index in [0.717, 1.165) is 40.5 Å². The molecule has 0 aliphatic carbocycles. The molecule has 0 saturated heterocycles. The Morgan fingerprint density at radius 2 is 1.87 bits per heavy atom. The van der Waals surface area contributed by atoms with Crippen molar-refractivity contribution in [2.45, 2.75) is 13.8 Å². The molecule has 1 N–H and O–H groups in total. The van der Waals surface area contributed by atoms with E-state index in [1.165, 1.54) is 0 Å². The fraction of sp³-hybridized carbons (Fsp3) is 0.200. The lowest BCUT2D eigenvalue weighted by atomic mass is 10.1. The highest BCUT2D eigenvalue weighted by Crippen LogP contribution is 2.28. The smallest absolute Gasteiger partial charge is 0.307 e. The van der Waals surface area contributed by atoms with Crippen LogP contribution in [0, 0.1) is 0 Å². The molecule has 6 heteroatoms. The lowest BCUT2D eigenvalue weighted by molar-refractivity contribution is 0.0929. The van der Waals surface area contributed by atoms with E-state index in [1.807, 2.05) is 54.6 Å². The number of rotatable bonds is 7. The lowest BCUT2D eigenvalue weighted by Gasteiger charge is -2.21. The standard InChI is InChI=1S/C25H25N3O3/c1-4-28(5-2)19-12-10-18(23(14-19)30-3)16-26-27-25(29)24-15-21-20-9-7-6-8-17(20)11-13-22(21)31-24/h6-16H,4-5H2,1-3H3,(H,27,29). The van der Waals surface area contributed by atoms with Gasteiger partial charge in [-0.3, -0.25) is 4.79 Å². The molecule has 1 aromatic heterocycles. The van der Waals surface area contributed by atoms with Crippen LogP contribution in [0.25, 0.3) is 21.7 Å². The second kappa shape index (κ2) is 8.92. The number of anilines is 1. The Morgan fingerprint density at radius 1 is 1.06 bits per heavy atom. The number of nitrogens with one attached hydrogen (secondary N) is 1. The quantitative estimate of drug-likeness (QED) is 0.333.